The van der Waals surface area contributed by atoms with Crippen molar-refractivity contribution >= 4 is 11.9 Å². The summed E-state index contributed by atoms with van der Waals surface area (Å²) in [7, 11) is 0. The maximum Gasteiger partial charge on any atom is 0.316 e. The molecule has 0 aliphatic heterocycles. The van der Waals surface area contributed by atoms with E-state index in [-0.39, 0.29) is 30.0 Å². The molecule has 2 atom stereocenters. The van der Waals surface area contributed by atoms with E-state index in [1.165, 1.54) is 0 Å². The third-order valence-corrected chi connectivity index (χ3v) is 4.71. The molecular formula is C21H22N4O3. The SMILES string of the molecule is O=C(NC1CCCC1Oc1ccccc1)c1nnc(NCc2ccccc2)o1. The molecule has 0 radical (unpaired) electrons. The maximum absolute atomic E-state index is 12.5. The van der Waals surface area contributed by atoms with Crippen molar-refractivity contribution < 1.29 is 13.9 Å². The van der Waals surface area contributed by atoms with Crippen molar-refractivity contribution in [2.24, 2.45) is 0 Å². The van der Waals surface area contributed by atoms with Gasteiger partial charge < -0.3 is 19.8 Å². The minimum atomic E-state index is -0.381. The molecule has 1 aliphatic carbocycles. The van der Waals surface area contributed by atoms with Gasteiger partial charge in [0.05, 0.1) is 6.04 Å². The molecular weight excluding hydrogens is 356 g/mol. The number of amides is 1. The molecule has 2 aromatic carbocycles. The third-order valence-electron chi connectivity index (χ3n) is 4.71. The van der Waals surface area contributed by atoms with E-state index in [4.69, 9.17) is 9.15 Å². The summed E-state index contributed by atoms with van der Waals surface area (Å²) in [5.41, 5.74) is 1.08. The zero-order chi connectivity index (χ0) is 19.2. The van der Waals surface area contributed by atoms with Gasteiger partial charge in [-0.1, -0.05) is 53.6 Å². The summed E-state index contributed by atoms with van der Waals surface area (Å²) in [4.78, 5) is 12.5. The molecule has 7 nitrogen and oxygen atoms in total. The van der Waals surface area contributed by atoms with Crippen molar-refractivity contribution in [3.8, 4) is 5.75 Å². The number of ether oxygens (including phenoxy) is 1. The average Bonchev–Trinajstić information content (AvgIpc) is 3.38. The van der Waals surface area contributed by atoms with Crippen molar-refractivity contribution in [3.63, 3.8) is 0 Å². The quantitative estimate of drug-likeness (QED) is 0.655. The van der Waals surface area contributed by atoms with Crippen molar-refractivity contribution in [1.29, 1.82) is 0 Å². The van der Waals surface area contributed by atoms with Gasteiger partial charge in [-0.25, -0.2) is 0 Å². The van der Waals surface area contributed by atoms with E-state index in [0.717, 1.165) is 30.6 Å². The van der Waals surface area contributed by atoms with E-state index >= 15 is 0 Å². The molecule has 2 N–H and O–H groups in total. The lowest BCUT2D eigenvalue weighted by Crippen LogP contribution is -2.42. The molecule has 3 aromatic rings. The molecule has 2 unspecified atom stereocenters. The Bertz CT molecular complexity index is 898. The van der Waals surface area contributed by atoms with Gasteiger partial charge in [-0.05, 0) is 37.0 Å². The Morgan fingerprint density at radius 2 is 1.79 bits per heavy atom. The smallest absolute Gasteiger partial charge is 0.316 e. The van der Waals surface area contributed by atoms with Gasteiger partial charge in [-0.15, -0.1) is 5.10 Å². The fourth-order valence-corrected chi connectivity index (χ4v) is 3.30. The number of carbonyl (C=O) groups is 1. The number of aromatic nitrogens is 2. The molecule has 7 heteroatoms. The Balaban J connectivity index is 1.32. The number of hydrogen-bond donors (Lipinski definition) is 2. The molecule has 1 saturated carbocycles. The largest absolute Gasteiger partial charge is 0.488 e. The van der Waals surface area contributed by atoms with Gasteiger partial charge in [0.2, 0.25) is 0 Å². The number of nitrogens with one attached hydrogen (secondary N) is 2. The van der Waals surface area contributed by atoms with Crippen LogP contribution in [0.3, 0.4) is 0 Å². The number of hydrogen-bond acceptors (Lipinski definition) is 6. The number of benzene rings is 2. The van der Waals surface area contributed by atoms with Crippen molar-refractivity contribution in [2.75, 3.05) is 5.32 Å². The number of anilines is 1. The van der Waals surface area contributed by atoms with Crippen molar-refractivity contribution in [1.82, 2.24) is 15.5 Å². The lowest BCUT2D eigenvalue weighted by molar-refractivity contribution is 0.0860. The van der Waals surface area contributed by atoms with Crippen LogP contribution < -0.4 is 15.4 Å². The summed E-state index contributed by atoms with van der Waals surface area (Å²) >= 11 is 0. The van der Waals surface area contributed by atoms with Gasteiger partial charge >= 0.3 is 17.8 Å². The highest BCUT2D eigenvalue weighted by Gasteiger charge is 2.31. The molecule has 1 amide bonds. The molecule has 1 heterocycles. The van der Waals surface area contributed by atoms with Crippen LogP contribution in [0.5, 0.6) is 5.75 Å². The molecule has 1 aliphatic rings. The van der Waals surface area contributed by atoms with Crippen LogP contribution in [0.2, 0.25) is 0 Å². The van der Waals surface area contributed by atoms with E-state index < -0.39 is 0 Å². The summed E-state index contributed by atoms with van der Waals surface area (Å²) in [6.45, 7) is 0.541. The first-order valence-corrected chi connectivity index (χ1v) is 9.42. The van der Waals surface area contributed by atoms with Crippen LogP contribution in [0.15, 0.2) is 65.1 Å². The second-order valence-electron chi connectivity index (χ2n) is 6.73. The Kier molecular flexibility index (Phi) is 5.51. The molecule has 28 heavy (non-hydrogen) atoms. The zero-order valence-corrected chi connectivity index (χ0v) is 15.4. The second kappa shape index (κ2) is 8.56. The van der Waals surface area contributed by atoms with Crippen LogP contribution in [0.25, 0.3) is 0 Å². The highest BCUT2D eigenvalue weighted by Crippen LogP contribution is 2.25. The normalized spacial score (nSPS) is 18.6. The van der Waals surface area contributed by atoms with E-state index in [2.05, 4.69) is 20.8 Å². The highest BCUT2D eigenvalue weighted by atomic mass is 16.5. The first-order chi connectivity index (χ1) is 13.8. The number of nitrogens with zero attached hydrogens (tertiary/aromatic N) is 2. The lowest BCUT2D eigenvalue weighted by Gasteiger charge is -2.21. The molecule has 4 rings (SSSR count). The summed E-state index contributed by atoms with van der Waals surface area (Å²) in [5.74, 6) is 0.369. The summed E-state index contributed by atoms with van der Waals surface area (Å²) < 4.78 is 11.5. The molecule has 1 fully saturated rings. The van der Waals surface area contributed by atoms with Gasteiger partial charge in [0.25, 0.3) is 0 Å². The third kappa shape index (κ3) is 4.49. The first-order valence-electron chi connectivity index (χ1n) is 9.42. The van der Waals surface area contributed by atoms with Crippen LogP contribution in [0.1, 0.15) is 35.5 Å². The van der Waals surface area contributed by atoms with Crippen molar-refractivity contribution in [2.45, 2.75) is 38.0 Å². The van der Waals surface area contributed by atoms with Crippen LogP contribution in [-0.2, 0) is 6.54 Å². The topological polar surface area (TPSA) is 89.3 Å². The standard InChI is InChI=1S/C21H22N4O3/c26-19(20-24-25-21(28-20)22-14-15-8-3-1-4-9-15)23-17-12-7-13-18(17)27-16-10-5-2-6-11-16/h1-6,8-11,17-18H,7,12-14H2,(H,22,25)(H,23,26). The van der Waals surface area contributed by atoms with E-state index in [0.29, 0.717) is 6.54 Å². The fraction of sp³-hybridized carbons (Fsp3) is 0.286. The predicted molar refractivity (Wildman–Crippen MR) is 104 cm³/mol. The number of rotatable bonds is 7. The van der Waals surface area contributed by atoms with E-state index in [1.807, 2.05) is 60.7 Å². The average molecular weight is 378 g/mol. The predicted octanol–water partition coefficient (Wildman–Crippen LogP) is 3.41. The zero-order valence-electron chi connectivity index (χ0n) is 15.4. The van der Waals surface area contributed by atoms with Crippen molar-refractivity contribution in [3.05, 3.63) is 72.1 Å². The molecule has 0 bridgehead atoms. The first kappa shape index (κ1) is 18.0. The van der Waals surface area contributed by atoms with Gasteiger partial charge in [-0.2, -0.15) is 0 Å². The molecule has 0 saturated heterocycles. The van der Waals surface area contributed by atoms with Gasteiger partial charge in [0, 0.05) is 6.54 Å². The van der Waals surface area contributed by atoms with Crippen LogP contribution in [-0.4, -0.2) is 28.3 Å². The molecule has 1 aromatic heterocycles. The highest BCUT2D eigenvalue weighted by molar-refractivity contribution is 5.89. The maximum atomic E-state index is 12.5. The summed E-state index contributed by atoms with van der Waals surface area (Å²) in [6.07, 6.45) is 2.69. The number of carbonyl (C=O) groups excluding carboxylic acids is 1. The van der Waals surface area contributed by atoms with Gasteiger partial charge in [0.1, 0.15) is 11.9 Å². The summed E-state index contributed by atoms with van der Waals surface area (Å²) in [5, 5.41) is 13.7. The van der Waals surface area contributed by atoms with E-state index in [9.17, 15) is 4.79 Å². The Hall–Kier alpha value is -3.35. The lowest BCUT2D eigenvalue weighted by atomic mass is 10.2. The summed E-state index contributed by atoms with van der Waals surface area (Å²) in [6, 6.07) is 19.6. The number of para-hydroxylation sites is 1. The minimum absolute atomic E-state index is 0.0547. The molecule has 144 valence electrons. The van der Waals surface area contributed by atoms with Crippen LogP contribution in [0, 0.1) is 0 Å². The Morgan fingerprint density at radius 1 is 1.04 bits per heavy atom. The fourth-order valence-electron chi connectivity index (χ4n) is 3.30. The Morgan fingerprint density at radius 3 is 2.57 bits per heavy atom. The van der Waals surface area contributed by atoms with Gasteiger partial charge in [-0.3, -0.25) is 4.79 Å². The monoisotopic (exact) mass is 378 g/mol. The van der Waals surface area contributed by atoms with E-state index in [1.54, 1.807) is 0 Å². The van der Waals surface area contributed by atoms with Crippen LogP contribution in [0.4, 0.5) is 6.01 Å². The molecule has 0 spiro atoms. The van der Waals surface area contributed by atoms with Crippen LogP contribution >= 0.6 is 0 Å². The Labute approximate surface area is 163 Å². The van der Waals surface area contributed by atoms with Gasteiger partial charge in [0.15, 0.2) is 0 Å². The minimum Gasteiger partial charge on any atom is -0.488 e. The second-order valence-corrected chi connectivity index (χ2v) is 6.73.